The number of nitrogens with one attached hydrogen (secondary N) is 1. The molecule has 2 rings (SSSR count). The normalized spacial score (nSPS) is 10.7. The fourth-order valence-electron chi connectivity index (χ4n) is 2.40. The lowest BCUT2D eigenvalue weighted by atomic mass is 10.1. The summed E-state index contributed by atoms with van der Waals surface area (Å²) in [6, 6.07) is 7.96. The Kier molecular flexibility index (Phi) is 4.99. The molecule has 0 bridgehead atoms. The van der Waals surface area contributed by atoms with Gasteiger partial charge in [0.2, 0.25) is 0 Å². The number of esters is 1. The molecule has 0 aliphatic heterocycles. The van der Waals surface area contributed by atoms with E-state index in [-0.39, 0.29) is 5.97 Å². The molecule has 2 aromatic rings. The van der Waals surface area contributed by atoms with Gasteiger partial charge in [-0.2, -0.15) is 0 Å². The molecule has 0 atom stereocenters. The minimum atomic E-state index is -0.277. The Labute approximate surface area is 119 Å². The molecular formula is C17H21NO2. The third-order valence-corrected chi connectivity index (χ3v) is 3.36. The van der Waals surface area contributed by atoms with Crippen molar-refractivity contribution in [3.8, 4) is 0 Å². The molecule has 3 heteroatoms. The van der Waals surface area contributed by atoms with Crippen molar-refractivity contribution >= 4 is 16.7 Å². The Balaban J connectivity index is 2.26. The highest BCUT2D eigenvalue weighted by atomic mass is 16.5. The average Bonchev–Trinajstić information content (AvgIpc) is 2.83. The maximum atomic E-state index is 12.0. The van der Waals surface area contributed by atoms with E-state index in [2.05, 4.69) is 17.6 Å². The first-order chi connectivity index (χ1) is 9.77. The van der Waals surface area contributed by atoms with Crippen LogP contribution in [0.1, 0.15) is 42.4 Å². The van der Waals surface area contributed by atoms with Crippen LogP contribution in [-0.2, 0) is 11.2 Å². The minimum Gasteiger partial charge on any atom is -0.461 e. The standard InChI is InChI=1S/C17H21NO2/c1-3-5-6-7-12-15-13-10-8-9-11-14(13)16(18-15)17(19)20-4-2/h3,8-11,18H,1,4-7,12H2,2H3. The van der Waals surface area contributed by atoms with Crippen molar-refractivity contribution in [2.45, 2.75) is 32.6 Å². The van der Waals surface area contributed by atoms with Crippen LogP contribution in [0.15, 0.2) is 36.9 Å². The summed E-state index contributed by atoms with van der Waals surface area (Å²) in [6.45, 7) is 5.94. The molecule has 0 unspecified atom stereocenters. The van der Waals surface area contributed by atoms with Crippen LogP contribution in [0, 0.1) is 0 Å². The lowest BCUT2D eigenvalue weighted by molar-refractivity contribution is 0.0522. The van der Waals surface area contributed by atoms with E-state index in [1.807, 2.05) is 31.2 Å². The number of hydrogen-bond donors (Lipinski definition) is 1. The number of rotatable bonds is 7. The molecule has 106 valence electrons. The molecule has 0 aliphatic carbocycles. The summed E-state index contributed by atoms with van der Waals surface area (Å²) < 4.78 is 5.11. The molecule has 0 spiro atoms. The van der Waals surface area contributed by atoms with Gasteiger partial charge in [-0.1, -0.05) is 30.3 Å². The highest BCUT2D eigenvalue weighted by Crippen LogP contribution is 2.24. The average molecular weight is 271 g/mol. The fraction of sp³-hybridized carbons (Fsp3) is 0.353. The molecular weight excluding hydrogens is 250 g/mol. The van der Waals surface area contributed by atoms with Gasteiger partial charge in [0.1, 0.15) is 5.69 Å². The van der Waals surface area contributed by atoms with Crippen LogP contribution in [0.25, 0.3) is 10.8 Å². The number of allylic oxidation sites excluding steroid dienone is 1. The van der Waals surface area contributed by atoms with Gasteiger partial charge in [0.05, 0.1) is 6.61 Å². The zero-order valence-electron chi connectivity index (χ0n) is 11.9. The molecule has 0 aliphatic rings. The number of aromatic nitrogens is 1. The van der Waals surface area contributed by atoms with Crippen molar-refractivity contribution in [3.63, 3.8) is 0 Å². The van der Waals surface area contributed by atoms with Gasteiger partial charge in [0.25, 0.3) is 0 Å². The molecule has 1 N–H and O–H groups in total. The maximum Gasteiger partial charge on any atom is 0.355 e. The van der Waals surface area contributed by atoms with Gasteiger partial charge < -0.3 is 9.72 Å². The van der Waals surface area contributed by atoms with E-state index in [1.54, 1.807) is 0 Å². The quantitative estimate of drug-likeness (QED) is 0.465. The first kappa shape index (κ1) is 14.4. The van der Waals surface area contributed by atoms with Crippen molar-refractivity contribution in [3.05, 3.63) is 48.3 Å². The Bertz CT molecular complexity index is 598. The van der Waals surface area contributed by atoms with Crippen molar-refractivity contribution in [2.24, 2.45) is 0 Å². The van der Waals surface area contributed by atoms with Crippen LogP contribution in [-0.4, -0.2) is 17.6 Å². The topological polar surface area (TPSA) is 42.1 Å². The van der Waals surface area contributed by atoms with Crippen LogP contribution < -0.4 is 0 Å². The monoisotopic (exact) mass is 271 g/mol. The molecule has 1 heterocycles. The van der Waals surface area contributed by atoms with E-state index < -0.39 is 0 Å². The first-order valence-corrected chi connectivity index (χ1v) is 7.15. The SMILES string of the molecule is C=CCCCCc1[nH]c(C(=O)OCC)c2ccccc12. The molecule has 1 aromatic heterocycles. The largest absolute Gasteiger partial charge is 0.461 e. The third-order valence-electron chi connectivity index (χ3n) is 3.36. The smallest absolute Gasteiger partial charge is 0.355 e. The Morgan fingerprint density at radius 3 is 2.75 bits per heavy atom. The van der Waals surface area contributed by atoms with Gasteiger partial charge in [0.15, 0.2) is 0 Å². The zero-order valence-corrected chi connectivity index (χ0v) is 11.9. The Morgan fingerprint density at radius 1 is 1.30 bits per heavy atom. The summed E-state index contributed by atoms with van der Waals surface area (Å²) in [4.78, 5) is 15.2. The minimum absolute atomic E-state index is 0.277. The van der Waals surface area contributed by atoms with Gasteiger partial charge in [0, 0.05) is 16.5 Å². The van der Waals surface area contributed by atoms with E-state index in [0.29, 0.717) is 12.3 Å². The molecule has 0 saturated carbocycles. The second kappa shape index (κ2) is 6.94. The molecule has 1 aromatic carbocycles. The third kappa shape index (κ3) is 3.10. The highest BCUT2D eigenvalue weighted by Gasteiger charge is 2.16. The van der Waals surface area contributed by atoms with Crippen molar-refractivity contribution in [1.82, 2.24) is 4.98 Å². The number of aryl methyl sites for hydroxylation is 1. The predicted molar refractivity (Wildman–Crippen MR) is 82.0 cm³/mol. The first-order valence-electron chi connectivity index (χ1n) is 7.15. The molecule has 3 nitrogen and oxygen atoms in total. The zero-order chi connectivity index (χ0) is 14.4. The summed E-state index contributed by atoms with van der Waals surface area (Å²) in [5.74, 6) is -0.277. The lowest BCUT2D eigenvalue weighted by Gasteiger charge is -1.99. The number of carbonyl (C=O) groups excluding carboxylic acids is 1. The van der Waals surface area contributed by atoms with Crippen LogP contribution in [0.3, 0.4) is 0 Å². The van der Waals surface area contributed by atoms with Crippen molar-refractivity contribution in [2.75, 3.05) is 6.61 Å². The number of H-pyrrole nitrogens is 1. The Morgan fingerprint density at radius 2 is 2.05 bits per heavy atom. The van der Waals surface area contributed by atoms with Crippen molar-refractivity contribution in [1.29, 1.82) is 0 Å². The van der Waals surface area contributed by atoms with Crippen LogP contribution in [0.4, 0.5) is 0 Å². The van der Waals surface area contributed by atoms with Crippen LogP contribution in [0.5, 0.6) is 0 Å². The van der Waals surface area contributed by atoms with Gasteiger partial charge >= 0.3 is 5.97 Å². The molecule has 0 saturated heterocycles. The number of carbonyl (C=O) groups is 1. The van der Waals surface area contributed by atoms with E-state index >= 15 is 0 Å². The summed E-state index contributed by atoms with van der Waals surface area (Å²) >= 11 is 0. The second-order valence-electron chi connectivity index (χ2n) is 4.78. The highest BCUT2D eigenvalue weighted by molar-refractivity contribution is 6.04. The number of aromatic amines is 1. The number of ether oxygens (including phenoxy) is 1. The van der Waals surface area contributed by atoms with E-state index in [1.165, 1.54) is 0 Å². The number of unbranched alkanes of at least 4 members (excludes halogenated alkanes) is 2. The molecule has 0 amide bonds. The van der Waals surface area contributed by atoms with E-state index in [4.69, 9.17) is 4.74 Å². The van der Waals surface area contributed by atoms with Gasteiger partial charge in [-0.05, 0) is 32.6 Å². The predicted octanol–water partition coefficient (Wildman–Crippen LogP) is 4.24. The van der Waals surface area contributed by atoms with Crippen molar-refractivity contribution < 1.29 is 9.53 Å². The van der Waals surface area contributed by atoms with Gasteiger partial charge in [-0.15, -0.1) is 6.58 Å². The Hall–Kier alpha value is -2.03. The van der Waals surface area contributed by atoms with E-state index in [9.17, 15) is 4.79 Å². The van der Waals surface area contributed by atoms with E-state index in [0.717, 1.165) is 42.1 Å². The molecule has 20 heavy (non-hydrogen) atoms. The van der Waals surface area contributed by atoms with Gasteiger partial charge in [-0.3, -0.25) is 0 Å². The van der Waals surface area contributed by atoms with Crippen LogP contribution >= 0.6 is 0 Å². The second-order valence-corrected chi connectivity index (χ2v) is 4.78. The lowest BCUT2D eigenvalue weighted by Crippen LogP contribution is -2.05. The number of fused-ring (bicyclic) bond motifs is 1. The molecule has 0 radical (unpaired) electrons. The summed E-state index contributed by atoms with van der Waals surface area (Å²) in [5, 5.41) is 2.07. The maximum absolute atomic E-state index is 12.0. The summed E-state index contributed by atoms with van der Waals surface area (Å²) in [5.41, 5.74) is 1.69. The fourth-order valence-corrected chi connectivity index (χ4v) is 2.40. The van der Waals surface area contributed by atoms with Crippen LogP contribution in [0.2, 0.25) is 0 Å². The van der Waals surface area contributed by atoms with Gasteiger partial charge in [-0.25, -0.2) is 4.79 Å². The number of benzene rings is 1. The molecule has 0 fully saturated rings. The summed E-state index contributed by atoms with van der Waals surface area (Å²) in [7, 11) is 0. The summed E-state index contributed by atoms with van der Waals surface area (Å²) in [6.07, 6.45) is 6.11. The number of hydrogen-bond acceptors (Lipinski definition) is 2.